The van der Waals surface area contributed by atoms with Crippen LogP contribution in [0.3, 0.4) is 0 Å². The van der Waals surface area contributed by atoms with Crippen LogP contribution in [0.5, 0.6) is 0 Å². The zero-order chi connectivity index (χ0) is 44.2. The zero-order valence-electron chi connectivity index (χ0n) is 35.6. The van der Waals surface area contributed by atoms with E-state index in [0.717, 1.165) is 43.3 Å². The lowest BCUT2D eigenvalue weighted by Crippen LogP contribution is -2.49. The Kier molecular flexibility index (Phi) is 11.5. The minimum absolute atomic E-state index is 0.0478. The molecule has 17 nitrogen and oxygen atoms in total. The molecule has 2 aliphatic carbocycles. The zero-order valence-corrected chi connectivity index (χ0v) is 35.6. The van der Waals surface area contributed by atoms with Crippen LogP contribution in [0.1, 0.15) is 104 Å². The van der Waals surface area contributed by atoms with Gasteiger partial charge >= 0.3 is 5.69 Å². The highest BCUT2D eigenvalue weighted by molar-refractivity contribution is 6.08. The Labute approximate surface area is 365 Å². The van der Waals surface area contributed by atoms with Gasteiger partial charge in [-0.05, 0) is 80.9 Å². The lowest BCUT2D eigenvalue weighted by atomic mass is 9.76. The highest BCUT2D eigenvalue weighted by atomic mass is 19.3. The number of para-hydroxylation sites is 1. The van der Waals surface area contributed by atoms with Gasteiger partial charge in [-0.15, -0.1) is 0 Å². The van der Waals surface area contributed by atoms with Gasteiger partial charge in [-0.2, -0.15) is 10.2 Å². The molecule has 7 heterocycles. The number of benzene rings is 1. The fraction of sp³-hybridized carbons (Fsp3) is 0.568. The summed E-state index contributed by atoms with van der Waals surface area (Å²) in [4.78, 5) is 60.2. The van der Waals surface area contributed by atoms with Crippen molar-refractivity contribution < 1.29 is 37.0 Å². The SMILES string of the molecule is Cn1c(=O)n(C2CCC(=O)NC2=O)c2cccc(C3CC(O[C@H]4CCN(CC5CCC(n6cc(NC(=O)c7cnn8ccc(N9CCOCC9)nc78)c(C(F)F)n6)CC5)C[C@H]4F)C3)c21. The first-order valence-electron chi connectivity index (χ1n) is 22.4. The number of ether oxygens (including phenoxy) is 2. The van der Waals surface area contributed by atoms with E-state index in [2.05, 4.69) is 35.6 Å². The van der Waals surface area contributed by atoms with Crippen LogP contribution in [0.4, 0.5) is 24.7 Å². The molecule has 10 rings (SSSR count). The fourth-order valence-corrected chi connectivity index (χ4v) is 10.5. The number of nitrogens with zero attached hydrogens (tertiary/aromatic N) is 9. The number of nitrogens with one attached hydrogen (secondary N) is 2. The molecule has 340 valence electrons. The van der Waals surface area contributed by atoms with E-state index < -0.39 is 42.3 Å². The number of aryl methyl sites for hydroxylation is 1. The minimum atomic E-state index is -2.90. The van der Waals surface area contributed by atoms with Crippen molar-refractivity contribution in [3.8, 4) is 0 Å². The molecule has 0 radical (unpaired) electrons. The summed E-state index contributed by atoms with van der Waals surface area (Å²) in [6.45, 7) is 4.21. The number of morpholine rings is 1. The van der Waals surface area contributed by atoms with Gasteiger partial charge in [0.05, 0.1) is 54.4 Å². The molecule has 0 spiro atoms. The van der Waals surface area contributed by atoms with Gasteiger partial charge in [0, 0.05) is 58.6 Å². The second-order valence-electron chi connectivity index (χ2n) is 18.0. The standard InChI is InChI=1S/C44H52F3N11O6/c1-53-39-29(3-2-4-33(39)58(44(53)62)34-9-10-37(59)51-43(34)61)26-19-28(20-26)64-35-11-13-54(23-31(35)45)22-25-5-7-27(8-6-25)57-24-32(38(52-57)40(46)47)49-42(60)30-21-48-56-14-12-36(50-41(30)56)55-15-17-63-18-16-55/h2-4,12,14,21,24-28,31,34-35,40H,5-11,13,15-20,22-23H2,1H3,(H,49,60)(H,51,59,61)/t25?,26?,27?,28?,31-,34?,35+/m1/s1. The number of likely N-dealkylation sites (tertiary alicyclic amines) is 1. The van der Waals surface area contributed by atoms with Gasteiger partial charge in [-0.3, -0.25) is 38.4 Å². The Hall–Kier alpha value is -5.60. The third-order valence-corrected chi connectivity index (χ3v) is 14.0. The Morgan fingerprint density at radius 3 is 2.58 bits per heavy atom. The monoisotopic (exact) mass is 887 g/mol. The van der Waals surface area contributed by atoms with E-state index in [0.29, 0.717) is 75.0 Å². The molecule has 3 saturated heterocycles. The molecule has 4 aromatic heterocycles. The van der Waals surface area contributed by atoms with Gasteiger partial charge in [0.2, 0.25) is 11.8 Å². The maximum atomic E-state index is 15.7. The topological polar surface area (TPSA) is 175 Å². The molecule has 20 heteroatoms. The number of hydrogen-bond donors (Lipinski definition) is 2. The third kappa shape index (κ3) is 8.08. The van der Waals surface area contributed by atoms with E-state index in [1.807, 2.05) is 24.3 Å². The first kappa shape index (κ1) is 42.4. The van der Waals surface area contributed by atoms with E-state index in [1.54, 1.807) is 22.5 Å². The number of hydrogen-bond acceptors (Lipinski definition) is 11. The van der Waals surface area contributed by atoms with Gasteiger partial charge in [-0.1, -0.05) is 12.1 Å². The van der Waals surface area contributed by atoms with Gasteiger partial charge in [0.25, 0.3) is 12.3 Å². The summed E-state index contributed by atoms with van der Waals surface area (Å²) < 4.78 is 62.1. The Morgan fingerprint density at radius 2 is 1.83 bits per heavy atom. The van der Waals surface area contributed by atoms with Gasteiger partial charge in [-0.25, -0.2) is 27.5 Å². The molecule has 3 atom stereocenters. The highest BCUT2D eigenvalue weighted by Gasteiger charge is 2.40. The number of carbonyl (C=O) groups excluding carboxylic acids is 3. The normalized spacial score (nSPS) is 27.0. The lowest BCUT2D eigenvalue weighted by Gasteiger charge is -2.42. The smallest absolute Gasteiger partial charge is 0.329 e. The Balaban J connectivity index is 0.704. The molecule has 1 unspecified atom stereocenters. The number of alkyl halides is 3. The number of piperidine rings is 2. The van der Waals surface area contributed by atoms with Crippen LogP contribution in [0, 0.1) is 5.92 Å². The second kappa shape index (κ2) is 17.4. The third-order valence-electron chi connectivity index (χ3n) is 14.0. The van der Waals surface area contributed by atoms with Crippen LogP contribution in [-0.2, 0) is 26.1 Å². The summed E-state index contributed by atoms with van der Waals surface area (Å²) in [5.74, 6) is -0.288. The highest BCUT2D eigenvalue weighted by Crippen LogP contribution is 2.43. The first-order valence-corrected chi connectivity index (χ1v) is 22.4. The van der Waals surface area contributed by atoms with E-state index in [1.165, 1.54) is 21.5 Å². The quantitative estimate of drug-likeness (QED) is 0.176. The molecule has 3 amide bonds. The summed E-state index contributed by atoms with van der Waals surface area (Å²) in [7, 11) is 1.70. The van der Waals surface area contributed by atoms with Crippen LogP contribution in [0.25, 0.3) is 16.7 Å². The molecule has 2 saturated carbocycles. The predicted octanol–water partition coefficient (Wildman–Crippen LogP) is 4.69. The summed E-state index contributed by atoms with van der Waals surface area (Å²) in [5, 5.41) is 13.5. The Morgan fingerprint density at radius 1 is 1.03 bits per heavy atom. The summed E-state index contributed by atoms with van der Waals surface area (Å²) in [6, 6.07) is 6.66. The van der Waals surface area contributed by atoms with E-state index >= 15 is 4.39 Å². The average molecular weight is 888 g/mol. The van der Waals surface area contributed by atoms with E-state index in [9.17, 15) is 28.0 Å². The number of imidazole rings is 1. The van der Waals surface area contributed by atoms with Gasteiger partial charge in [0.15, 0.2) is 11.3 Å². The lowest BCUT2D eigenvalue weighted by molar-refractivity contribution is -0.135. The van der Waals surface area contributed by atoms with Crippen molar-refractivity contribution in [3.05, 3.63) is 70.2 Å². The number of anilines is 2. The largest absolute Gasteiger partial charge is 0.378 e. The molecule has 5 aliphatic rings. The molecule has 1 aromatic carbocycles. The Bertz CT molecular complexity index is 2620. The molecular weight excluding hydrogens is 836 g/mol. The molecular formula is C44H52F3N11O6. The summed E-state index contributed by atoms with van der Waals surface area (Å²) in [6.07, 6.45) is 5.48. The van der Waals surface area contributed by atoms with Crippen molar-refractivity contribution in [2.45, 2.75) is 101 Å². The van der Waals surface area contributed by atoms with Crippen molar-refractivity contribution >= 4 is 45.9 Å². The first-order chi connectivity index (χ1) is 31.0. The van der Waals surface area contributed by atoms with E-state index in [-0.39, 0.29) is 60.3 Å². The van der Waals surface area contributed by atoms with Gasteiger partial charge < -0.3 is 19.7 Å². The van der Waals surface area contributed by atoms with Crippen LogP contribution in [0.2, 0.25) is 0 Å². The van der Waals surface area contributed by atoms with Crippen LogP contribution in [0.15, 0.2) is 47.7 Å². The van der Waals surface area contributed by atoms with Crippen LogP contribution < -0.4 is 21.2 Å². The number of imide groups is 1. The number of amides is 3. The number of aromatic nitrogens is 7. The maximum absolute atomic E-state index is 15.7. The molecule has 5 fully saturated rings. The van der Waals surface area contributed by atoms with Crippen molar-refractivity contribution in [2.75, 3.05) is 56.2 Å². The molecule has 2 N–H and O–H groups in total. The second-order valence-corrected chi connectivity index (χ2v) is 18.0. The van der Waals surface area contributed by atoms with Gasteiger partial charge in [0.1, 0.15) is 23.6 Å². The molecule has 5 aromatic rings. The average Bonchev–Trinajstić information content (AvgIpc) is 3.97. The minimum Gasteiger partial charge on any atom is -0.378 e. The number of halogens is 3. The molecule has 64 heavy (non-hydrogen) atoms. The number of fused-ring (bicyclic) bond motifs is 2. The molecule has 3 aliphatic heterocycles. The van der Waals surface area contributed by atoms with Crippen molar-refractivity contribution in [3.63, 3.8) is 0 Å². The fourth-order valence-electron chi connectivity index (χ4n) is 10.5. The van der Waals surface area contributed by atoms with Crippen molar-refractivity contribution in [1.29, 1.82) is 0 Å². The van der Waals surface area contributed by atoms with E-state index in [4.69, 9.17) is 9.47 Å². The van der Waals surface area contributed by atoms with Crippen molar-refractivity contribution in [1.82, 2.24) is 43.7 Å². The summed E-state index contributed by atoms with van der Waals surface area (Å²) in [5.41, 5.74) is 2.05. The van der Waals surface area contributed by atoms with Crippen LogP contribution in [-0.4, -0.2) is 120 Å². The maximum Gasteiger partial charge on any atom is 0.329 e. The van der Waals surface area contributed by atoms with Crippen molar-refractivity contribution in [2.24, 2.45) is 13.0 Å². The van der Waals surface area contributed by atoms with Crippen LogP contribution >= 0.6 is 0 Å². The molecule has 0 bridgehead atoms. The summed E-state index contributed by atoms with van der Waals surface area (Å²) >= 11 is 0. The number of carbonyl (C=O) groups is 3. The predicted molar refractivity (Wildman–Crippen MR) is 227 cm³/mol. The number of rotatable bonds is 11.